The number of aryl methyl sites for hydroxylation is 2. The molecule has 5 nitrogen and oxygen atoms in total. The van der Waals surface area contributed by atoms with Crippen molar-refractivity contribution >= 4 is 5.97 Å². The summed E-state index contributed by atoms with van der Waals surface area (Å²) in [6.07, 6.45) is 2.97. The van der Waals surface area contributed by atoms with Gasteiger partial charge in [0.05, 0.1) is 11.3 Å². The second-order valence-electron chi connectivity index (χ2n) is 5.52. The standard InChI is InChI=1S/C16H19N3O2/c1-3-15-12(7-18(2)17-15)9-19-8-11-5-4-6-13(16(20)21)14(11)10-19/h4-7H,3,8-10H2,1-2H3,(H,20,21). The summed E-state index contributed by atoms with van der Waals surface area (Å²) in [5.41, 5.74) is 4.84. The fraction of sp³-hybridized carbons (Fsp3) is 0.375. The molecule has 1 N–H and O–H groups in total. The summed E-state index contributed by atoms with van der Waals surface area (Å²) in [6.45, 7) is 4.40. The molecule has 5 heteroatoms. The van der Waals surface area contributed by atoms with Crippen LogP contribution in [0.5, 0.6) is 0 Å². The molecule has 21 heavy (non-hydrogen) atoms. The van der Waals surface area contributed by atoms with Gasteiger partial charge in [0, 0.05) is 38.4 Å². The van der Waals surface area contributed by atoms with Gasteiger partial charge < -0.3 is 5.11 Å². The van der Waals surface area contributed by atoms with Gasteiger partial charge in [-0.15, -0.1) is 0 Å². The number of hydrogen-bond acceptors (Lipinski definition) is 3. The van der Waals surface area contributed by atoms with E-state index >= 15 is 0 Å². The maximum atomic E-state index is 11.3. The van der Waals surface area contributed by atoms with Gasteiger partial charge in [0.15, 0.2) is 0 Å². The summed E-state index contributed by atoms with van der Waals surface area (Å²) in [4.78, 5) is 13.6. The Hall–Kier alpha value is -2.14. The molecule has 0 saturated carbocycles. The van der Waals surface area contributed by atoms with E-state index in [1.54, 1.807) is 6.07 Å². The monoisotopic (exact) mass is 285 g/mol. The summed E-state index contributed by atoms with van der Waals surface area (Å²) < 4.78 is 1.85. The van der Waals surface area contributed by atoms with Gasteiger partial charge in [-0.25, -0.2) is 4.79 Å². The molecule has 1 aromatic heterocycles. The first kappa shape index (κ1) is 13.8. The quantitative estimate of drug-likeness (QED) is 0.935. The van der Waals surface area contributed by atoms with Crippen molar-refractivity contribution in [3.63, 3.8) is 0 Å². The van der Waals surface area contributed by atoms with E-state index in [0.29, 0.717) is 12.1 Å². The molecule has 3 rings (SSSR count). The molecule has 0 amide bonds. The van der Waals surface area contributed by atoms with Gasteiger partial charge in [-0.1, -0.05) is 19.1 Å². The Balaban J connectivity index is 1.82. The fourth-order valence-corrected chi connectivity index (χ4v) is 3.06. The topological polar surface area (TPSA) is 58.4 Å². The lowest BCUT2D eigenvalue weighted by Gasteiger charge is -2.14. The molecule has 0 atom stereocenters. The van der Waals surface area contributed by atoms with Gasteiger partial charge in [0.1, 0.15) is 0 Å². The number of aromatic nitrogens is 2. The van der Waals surface area contributed by atoms with Crippen molar-refractivity contribution in [2.24, 2.45) is 7.05 Å². The largest absolute Gasteiger partial charge is 0.478 e. The van der Waals surface area contributed by atoms with Crippen LogP contribution in [0.4, 0.5) is 0 Å². The second kappa shape index (κ2) is 5.33. The molecule has 0 spiro atoms. The van der Waals surface area contributed by atoms with Crippen molar-refractivity contribution in [2.45, 2.75) is 33.0 Å². The van der Waals surface area contributed by atoms with E-state index in [1.165, 1.54) is 5.56 Å². The highest BCUT2D eigenvalue weighted by Crippen LogP contribution is 2.27. The van der Waals surface area contributed by atoms with Crippen molar-refractivity contribution < 1.29 is 9.90 Å². The zero-order valence-corrected chi connectivity index (χ0v) is 12.3. The zero-order chi connectivity index (χ0) is 15.0. The third kappa shape index (κ3) is 2.56. The van der Waals surface area contributed by atoms with Crippen molar-refractivity contribution in [1.29, 1.82) is 0 Å². The number of rotatable bonds is 4. The number of carboxylic acids is 1. The molecular weight excluding hydrogens is 266 g/mol. The first-order valence-electron chi connectivity index (χ1n) is 7.16. The smallest absolute Gasteiger partial charge is 0.336 e. The minimum absolute atomic E-state index is 0.428. The van der Waals surface area contributed by atoms with Crippen molar-refractivity contribution in [2.75, 3.05) is 0 Å². The highest BCUT2D eigenvalue weighted by molar-refractivity contribution is 5.90. The van der Waals surface area contributed by atoms with Crippen LogP contribution in [0.3, 0.4) is 0 Å². The Morgan fingerprint density at radius 1 is 1.38 bits per heavy atom. The van der Waals surface area contributed by atoms with Crippen LogP contribution in [0, 0.1) is 0 Å². The number of nitrogens with zero attached hydrogens (tertiary/aromatic N) is 3. The molecule has 110 valence electrons. The van der Waals surface area contributed by atoms with E-state index in [4.69, 9.17) is 0 Å². The highest BCUT2D eigenvalue weighted by Gasteiger charge is 2.24. The summed E-state index contributed by atoms with van der Waals surface area (Å²) in [5.74, 6) is -0.843. The molecule has 0 fully saturated rings. The third-order valence-electron chi connectivity index (χ3n) is 4.00. The van der Waals surface area contributed by atoms with Crippen LogP contribution in [0.2, 0.25) is 0 Å². The summed E-state index contributed by atoms with van der Waals surface area (Å²) >= 11 is 0. The van der Waals surface area contributed by atoms with Crippen molar-refractivity contribution in [3.05, 3.63) is 52.3 Å². The van der Waals surface area contributed by atoms with Gasteiger partial charge in [-0.3, -0.25) is 9.58 Å². The SMILES string of the molecule is CCc1nn(C)cc1CN1Cc2cccc(C(=O)O)c2C1. The summed E-state index contributed by atoms with van der Waals surface area (Å²) in [5, 5.41) is 13.7. The molecule has 0 aliphatic carbocycles. The number of aromatic carboxylic acids is 1. The van der Waals surface area contributed by atoms with Gasteiger partial charge >= 0.3 is 5.97 Å². The van der Waals surface area contributed by atoms with E-state index in [0.717, 1.165) is 36.3 Å². The van der Waals surface area contributed by atoms with Crippen molar-refractivity contribution in [3.8, 4) is 0 Å². The number of hydrogen-bond donors (Lipinski definition) is 1. The molecule has 1 aliphatic heterocycles. The number of benzene rings is 1. The first-order valence-corrected chi connectivity index (χ1v) is 7.16. The number of carboxylic acid groups (broad SMARTS) is 1. The molecule has 0 radical (unpaired) electrons. The van der Waals surface area contributed by atoms with E-state index in [9.17, 15) is 9.90 Å². The lowest BCUT2D eigenvalue weighted by Crippen LogP contribution is -2.16. The van der Waals surface area contributed by atoms with Crippen LogP contribution in [-0.4, -0.2) is 25.8 Å². The minimum atomic E-state index is -0.843. The first-order chi connectivity index (χ1) is 10.1. The van der Waals surface area contributed by atoms with Gasteiger partial charge in [-0.2, -0.15) is 5.10 Å². The Morgan fingerprint density at radius 3 is 2.90 bits per heavy atom. The maximum absolute atomic E-state index is 11.3. The number of fused-ring (bicyclic) bond motifs is 1. The summed E-state index contributed by atoms with van der Waals surface area (Å²) in [6, 6.07) is 5.53. The van der Waals surface area contributed by atoms with Crippen molar-refractivity contribution in [1.82, 2.24) is 14.7 Å². The molecule has 0 saturated heterocycles. The molecular formula is C16H19N3O2. The Bertz CT molecular complexity index is 691. The predicted molar refractivity (Wildman–Crippen MR) is 78.9 cm³/mol. The van der Waals surface area contributed by atoms with E-state index in [-0.39, 0.29) is 0 Å². The summed E-state index contributed by atoms with van der Waals surface area (Å²) in [7, 11) is 1.93. The Morgan fingerprint density at radius 2 is 2.19 bits per heavy atom. The number of carbonyl (C=O) groups is 1. The minimum Gasteiger partial charge on any atom is -0.478 e. The molecule has 2 heterocycles. The molecule has 1 aliphatic rings. The van der Waals surface area contributed by atoms with Crippen LogP contribution in [-0.2, 0) is 33.1 Å². The van der Waals surface area contributed by atoms with Crippen LogP contribution in [0.15, 0.2) is 24.4 Å². The molecule has 2 aromatic rings. The Kier molecular flexibility index (Phi) is 3.51. The fourth-order valence-electron chi connectivity index (χ4n) is 3.06. The highest BCUT2D eigenvalue weighted by atomic mass is 16.4. The van der Waals surface area contributed by atoms with Crippen LogP contribution in [0.25, 0.3) is 0 Å². The average Bonchev–Trinajstić information content (AvgIpc) is 3.00. The average molecular weight is 285 g/mol. The van der Waals surface area contributed by atoms with Crippen LogP contribution < -0.4 is 0 Å². The maximum Gasteiger partial charge on any atom is 0.336 e. The Labute approximate surface area is 123 Å². The lowest BCUT2D eigenvalue weighted by atomic mass is 10.0. The third-order valence-corrected chi connectivity index (χ3v) is 4.00. The van der Waals surface area contributed by atoms with Crippen LogP contribution >= 0.6 is 0 Å². The molecule has 1 aromatic carbocycles. The van der Waals surface area contributed by atoms with E-state index < -0.39 is 5.97 Å². The van der Waals surface area contributed by atoms with Gasteiger partial charge in [0.2, 0.25) is 0 Å². The molecule has 0 bridgehead atoms. The second-order valence-corrected chi connectivity index (χ2v) is 5.52. The lowest BCUT2D eigenvalue weighted by molar-refractivity contribution is 0.0695. The molecule has 0 unspecified atom stereocenters. The zero-order valence-electron chi connectivity index (χ0n) is 12.3. The van der Waals surface area contributed by atoms with E-state index in [2.05, 4.69) is 23.1 Å². The normalized spacial score (nSPS) is 14.4. The van der Waals surface area contributed by atoms with Gasteiger partial charge in [0.25, 0.3) is 0 Å². The van der Waals surface area contributed by atoms with E-state index in [1.807, 2.05) is 23.9 Å². The predicted octanol–water partition coefficient (Wildman–Crippen LogP) is 2.20. The van der Waals surface area contributed by atoms with Gasteiger partial charge in [-0.05, 0) is 23.6 Å². The van der Waals surface area contributed by atoms with Crippen LogP contribution in [0.1, 0.15) is 39.7 Å².